The summed E-state index contributed by atoms with van der Waals surface area (Å²) in [6.07, 6.45) is -0.224. The predicted molar refractivity (Wildman–Crippen MR) is 50.0 cm³/mol. The molecule has 0 aliphatic carbocycles. The Labute approximate surface area is 90.4 Å². The average Bonchev–Trinajstić information content (AvgIpc) is 2.45. The standard InChI is InChI=1S/C8H11N3O5/c9-2-5(12)10-4-1-6(13)11(8(4)16)3-7(14)15/h4H,1-3,9H2,(H,10,12)(H,14,15)/t4-/m0/s1. The number of aliphatic carboxylic acids is 1. The average molecular weight is 229 g/mol. The van der Waals surface area contributed by atoms with E-state index in [1.54, 1.807) is 0 Å². The van der Waals surface area contributed by atoms with E-state index in [4.69, 9.17) is 10.8 Å². The van der Waals surface area contributed by atoms with E-state index < -0.39 is 36.3 Å². The number of imide groups is 1. The minimum absolute atomic E-state index is 0.224. The van der Waals surface area contributed by atoms with Crippen molar-refractivity contribution >= 4 is 23.7 Å². The van der Waals surface area contributed by atoms with Gasteiger partial charge in [0.1, 0.15) is 12.6 Å². The number of hydrogen-bond acceptors (Lipinski definition) is 5. The first-order valence-electron chi connectivity index (χ1n) is 4.51. The van der Waals surface area contributed by atoms with Crippen LogP contribution < -0.4 is 11.1 Å². The summed E-state index contributed by atoms with van der Waals surface area (Å²) in [5.74, 6) is -3.18. The Hall–Kier alpha value is -1.96. The molecule has 0 aromatic rings. The van der Waals surface area contributed by atoms with Crippen LogP contribution in [0, 0.1) is 0 Å². The van der Waals surface area contributed by atoms with Crippen molar-refractivity contribution in [2.45, 2.75) is 12.5 Å². The summed E-state index contributed by atoms with van der Waals surface area (Å²) in [5, 5.41) is 10.7. The fourth-order valence-electron chi connectivity index (χ4n) is 1.35. The zero-order valence-corrected chi connectivity index (χ0v) is 8.30. The van der Waals surface area contributed by atoms with Crippen LogP contribution in [0.25, 0.3) is 0 Å². The Bertz CT molecular complexity index is 354. The highest BCUT2D eigenvalue weighted by Gasteiger charge is 2.40. The third-order valence-corrected chi connectivity index (χ3v) is 2.06. The van der Waals surface area contributed by atoms with Gasteiger partial charge in [0.05, 0.1) is 13.0 Å². The summed E-state index contributed by atoms with van der Waals surface area (Å²) >= 11 is 0. The Morgan fingerprint density at radius 1 is 1.50 bits per heavy atom. The lowest BCUT2D eigenvalue weighted by Gasteiger charge is -2.12. The molecule has 8 heteroatoms. The van der Waals surface area contributed by atoms with Crippen molar-refractivity contribution in [3.05, 3.63) is 0 Å². The van der Waals surface area contributed by atoms with Crippen LogP contribution in [0.2, 0.25) is 0 Å². The molecule has 1 aliphatic heterocycles. The summed E-state index contributed by atoms with van der Waals surface area (Å²) in [5.41, 5.74) is 5.03. The third-order valence-electron chi connectivity index (χ3n) is 2.06. The Kier molecular flexibility index (Phi) is 3.56. The quantitative estimate of drug-likeness (QED) is 0.449. The fourth-order valence-corrected chi connectivity index (χ4v) is 1.35. The Balaban J connectivity index is 2.66. The lowest BCUT2D eigenvalue weighted by Crippen LogP contribution is -2.44. The topological polar surface area (TPSA) is 130 Å². The molecule has 4 N–H and O–H groups in total. The van der Waals surface area contributed by atoms with Crippen molar-refractivity contribution in [3.63, 3.8) is 0 Å². The highest BCUT2D eigenvalue weighted by Crippen LogP contribution is 2.12. The van der Waals surface area contributed by atoms with Crippen LogP contribution in [0.15, 0.2) is 0 Å². The molecule has 1 heterocycles. The number of likely N-dealkylation sites (tertiary alicyclic amines) is 1. The molecule has 1 aliphatic rings. The maximum atomic E-state index is 11.5. The summed E-state index contributed by atoms with van der Waals surface area (Å²) in [6, 6.07) is -0.997. The van der Waals surface area contributed by atoms with Crippen molar-refractivity contribution in [3.8, 4) is 0 Å². The van der Waals surface area contributed by atoms with Gasteiger partial charge in [-0.25, -0.2) is 0 Å². The first kappa shape index (κ1) is 12.1. The monoisotopic (exact) mass is 229 g/mol. The number of carboxylic acids is 1. The van der Waals surface area contributed by atoms with Gasteiger partial charge in [0.25, 0.3) is 5.91 Å². The van der Waals surface area contributed by atoms with E-state index in [2.05, 4.69) is 5.32 Å². The molecule has 3 amide bonds. The molecule has 0 aromatic carbocycles. The van der Waals surface area contributed by atoms with Gasteiger partial charge in [-0.3, -0.25) is 24.1 Å². The summed E-state index contributed by atoms with van der Waals surface area (Å²) in [4.78, 5) is 44.6. The highest BCUT2D eigenvalue weighted by molar-refractivity contribution is 6.08. The SMILES string of the molecule is NCC(=O)N[C@H]1CC(=O)N(CC(=O)O)C1=O. The van der Waals surface area contributed by atoms with E-state index in [0.29, 0.717) is 4.90 Å². The van der Waals surface area contributed by atoms with E-state index in [1.165, 1.54) is 0 Å². The number of hydrogen-bond donors (Lipinski definition) is 3. The van der Waals surface area contributed by atoms with E-state index in [-0.39, 0.29) is 13.0 Å². The second-order valence-corrected chi connectivity index (χ2v) is 3.24. The molecule has 0 aromatic heterocycles. The van der Waals surface area contributed by atoms with E-state index >= 15 is 0 Å². The molecular formula is C8H11N3O5. The molecule has 16 heavy (non-hydrogen) atoms. The normalized spacial score (nSPS) is 20.1. The largest absolute Gasteiger partial charge is 0.480 e. The second-order valence-electron chi connectivity index (χ2n) is 3.24. The first-order chi connectivity index (χ1) is 7.45. The van der Waals surface area contributed by atoms with Gasteiger partial charge in [0, 0.05) is 0 Å². The van der Waals surface area contributed by atoms with Crippen LogP contribution in [0.5, 0.6) is 0 Å². The minimum Gasteiger partial charge on any atom is -0.480 e. The smallest absolute Gasteiger partial charge is 0.323 e. The van der Waals surface area contributed by atoms with Crippen molar-refractivity contribution in [1.29, 1.82) is 0 Å². The van der Waals surface area contributed by atoms with Gasteiger partial charge in [-0.05, 0) is 0 Å². The lowest BCUT2D eigenvalue weighted by molar-refractivity contribution is -0.148. The van der Waals surface area contributed by atoms with Crippen molar-refractivity contribution in [2.75, 3.05) is 13.1 Å². The van der Waals surface area contributed by atoms with Crippen LogP contribution >= 0.6 is 0 Å². The summed E-state index contributed by atoms with van der Waals surface area (Å²) in [6.45, 7) is -0.983. The number of nitrogens with two attached hydrogens (primary N) is 1. The van der Waals surface area contributed by atoms with E-state index in [0.717, 1.165) is 0 Å². The van der Waals surface area contributed by atoms with Crippen LogP contribution in [-0.4, -0.2) is 52.8 Å². The first-order valence-corrected chi connectivity index (χ1v) is 4.51. The Morgan fingerprint density at radius 2 is 2.12 bits per heavy atom. The third kappa shape index (κ3) is 2.54. The van der Waals surface area contributed by atoms with Gasteiger partial charge in [-0.15, -0.1) is 0 Å². The maximum Gasteiger partial charge on any atom is 0.323 e. The number of rotatable bonds is 4. The van der Waals surface area contributed by atoms with Gasteiger partial charge in [0.2, 0.25) is 11.8 Å². The molecule has 1 rings (SSSR count). The molecule has 1 fully saturated rings. The molecule has 0 saturated carbocycles. The number of nitrogens with one attached hydrogen (secondary N) is 1. The van der Waals surface area contributed by atoms with Crippen molar-refractivity contribution in [1.82, 2.24) is 10.2 Å². The number of carboxylic acid groups (broad SMARTS) is 1. The number of carbonyl (C=O) groups is 4. The fraction of sp³-hybridized carbons (Fsp3) is 0.500. The molecule has 1 atom stereocenters. The maximum absolute atomic E-state index is 11.5. The van der Waals surface area contributed by atoms with Crippen molar-refractivity contribution < 1.29 is 24.3 Å². The van der Waals surface area contributed by atoms with Gasteiger partial charge >= 0.3 is 5.97 Å². The van der Waals surface area contributed by atoms with Gasteiger partial charge in [-0.2, -0.15) is 0 Å². The van der Waals surface area contributed by atoms with E-state index in [1.807, 2.05) is 0 Å². The van der Waals surface area contributed by atoms with Gasteiger partial charge in [-0.1, -0.05) is 0 Å². The molecule has 0 bridgehead atoms. The van der Waals surface area contributed by atoms with Gasteiger partial charge < -0.3 is 16.2 Å². The number of amides is 3. The molecule has 8 nitrogen and oxygen atoms in total. The minimum atomic E-state index is -1.28. The van der Waals surface area contributed by atoms with Gasteiger partial charge in [0.15, 0.2) is 0 Å². The molecule has 1 saturated heterocycles. The van der Waals surface area contributed by atoms with Crippen LogP contribution in [0.1, 0.15) is 6.42 Å². The molecule has 0 spiro atoms. The molecule has 0 unspecified atom stereocenters. The summed E-state index contributed by atoms with van der Waals surface area (Å²) < 4.78 is 0. The van der Waals surface area contributed by atoms with Crippen LogP contribution in [0.3, 0.4) is 0 Å². The second kappa shape index (κ2) is 4.71. The molecule has 88 valence electrons. The van der Waals surface area contributed by atoms with Crippen LogP contribution in [-0.2, 0) is 19.2 Å². The van der Waals surface area contributed by atoms with Crippen molar-refractivity contribution in [2.24, 2.45) is 5.73 Å². The molecule has 0 radical (unpaired) electrons. The zero-order valence-electron chi connectivity index (χ0n) is 8.30. The zero-order chi connectivity index (χ0) is 12.3. The lowest BCUT2D eigenvalue weighted by atomic mass is 10.2. The number of carbonyl (C=O) groups excluding carboxylic acids is 3. The van der Waals surface area contributed by atoms with Crippen LogP contribution in [0.4, 0.5) is 0 Å². The highest BCUT2D eigenvalue weighted by atomic mass is 16.4. The Morgan fingerprint density at radius 3 is 2.62 bits per heavy atom. The number of nitrogens with zero attached hydrogens (tertiary/aromatic N) is 1. The molecular weight excluding hydrogens is 218 g/mol. The summed E-state index contributed by atoms with van der Waals surface area (Å²) in [7, 11) is 0. The van der Waals surface area contributed by atoms with E-state index in [9.17, 15) is 19.2 Å². The predicted octanol–water partition coefficient (Wildman–Crippen LogP) is -2.73.